The van der Waals surface area contributed by atoms with Crippen molar-refractivity contribution in [2.45, 2.75) is 38.8 Å². The number of aryl methyl sites for hydroxylation is 2. The minimum atomic E-state index is -2.94. The van der Waals surface area contributed by atoms with Crippen LogP contribution < -0.4 is 11.2 Å². The van der Waals surface area contributed by atoms with E-state index < -0.39 is 42.6 Å². The number of fused-ring (bicyclic) bond motifs is 1. The first-order valence-electron chi connectivity index (χ1n) is 10.2. The highest BCUT2D eigenvalue weighted by Gasteiger charge is 2.40. The van der Waals surface area contributed by atoms with E-state index in [1.807, 2.05) is 6.92 Å². The molecule has 170 valence electrons. The molecule has 2 aromatic heterocycles. The summed E-state index contributed by atoms with van der Waals surface area (Å²) in [7, 11) is 1.67. The predicted molar refractivity (Wildman–Crippen MR) is 115 cm³/mol. The van der Waals surface area contributed by atoms with Gasteiger partial charge >= 0.3 is 5.69 Å². The Bertz CT molecular complexity index is 1310. The van der Waals surface area contributed by atoms with Gasteiger partial charge in [-0.15, -0.1) is 0 Å². The summed E-state index contributed by atoms with van der Waals surface area (Å²) >= 11 is 5.92. The van der Waals surface area contributed by atoms with E-state index in [0.717, 1.165) is 14.0 Å². The van der Waals surface area contributed by atoms with Crippen LogP contribution in [0.4, 0.5) is 8.78 Å². The molecule has 0 atom stereocenters. The van der Waals surface area contributed by atoms with E-state index in [0.29, 0.717) is 22.8 Å². The molecule has 1 aliphatic rings. The standard InChI is InChI=1S/C21H22ClF2N5O3/c1-3-15-25-18-17(26(15)2)19(31)29(10-13-4-6-14(22)7-5-13)20(32)28(18)11-16(30)27-9-8-21(23,24)12-27/h4-7H,3,8-12H2,1-2H3. The number of hydrogen-bond acceptors (Lipinski definition) is 4. The molecule has 3 heterocycles. The molecule has 0 radical (unpaired) electrons. The average Bonchev–Trinajstić information content (AvgIpc) is 3.28. The third-order valence-corrected chi connectivity index (χ3v) is 5.97. The number of halogens is 3. The number of carbonyl (C=O) groups excluding carboxylic acids is 1. The minimum absolute atomic E-state index is 0.0343. The van der Waals surface area contributed by atoms with Gasteiger partial charge in [-0.25, -0.2) is 18.6 Å². The Morgan fingerprint density at radius 1 is 1.19 bits per heavy atom. The zero-order chi connectivity index (χ0) is 23.2. The van der Waals surface area contributed by atoms with E-state index in [2.05, 4.69) is 4.98 Å². The van der Waals surface area contributed by atoms with Crippen LogP contribution in [0.15, 0.2) is 33.9 Å². The van der Waals surface area contributed by atoms with Gasteiger partial charge in [0.05, 0.1) is 13.1 Å². The van der Waals surface area contributed by atoms with Crippen molar-refractivity contribution in [2.24, 2.45) is 7.05 Å². The summed E-state index contributed by atoms with van der Waals surface area (Å²) in [6, 6.07) is 6.69. The van der Waals surface area contributed by atoms with Gasteiger partial charge in [-0.05, 0) is 17.7 Å². The summed E-state index contributed by atoms with van der Waals surface area (Å²) in [4.78, 5) is 44.7. The van der Waals surface area contributed by atoms with Crippen molar-refractivity contribution in [3.63, 3.8) is 0 Å². The molecule has 1 fully saturated rings. The number of benzene rings is 1. The van der Waals surface area contributed by atoms with Crippen molar-refractivity contribution >= 4 is 28.7 Å². The second-order valence-corrected chi connectivity index (χ2v) is 8.36. The fraction of sp³-hybridized carbons (Fsp3) is 0.429. The third kappa shape index (κ3) is 3.94. The highest BCUT2D eigenvalue weighted by Crippen LogP contribution is 2.27. The lowest BCUT2D eigenvalue weighted by Gasteiger charge is -2.18. The van der Waals surface area contributed by atoms with Crippen LogP contribution in [0.2, 0.25) is 5.02 Å². The molecular formula is C21H22ClF2N5O3. The molecule has 32 heavy (non-hydrogen) atoms. The molecule has 1 aromatic carbocycles. The molecule has 0 spiro atoms. The number of amides is 1. The maximum Gasteiger partial charge on any atom is 0.333 e. The van der Waals surface area contributed by atoms with Gasteiger partial charge in [0.25, 0.3) is 11.5 Å². The zero-order valence-corrected chi connectivity index (χ0v) is 18.4. The Labute approximate surface area is 186 Å². The van der Waals surface area contributed by atoms with Crippen molar-refractivity contribution in [3.8, 4) is 0 Å². The SMILES string of the molecule is CCc1nc2c(c(=O)n(Cc3ccc(Cl)cc3)c(=O)n2CC(=O)N2CCC(F)(F)C2)n1C. The fourth-order valence-corrected chi connectivity index (χ4v) is 4.09. The predicted octanol–water partition coefficient (Wildman–Crippen LogP) is 2.03. The summed E-state index contributed by atoms with van der Waals surface area (Å²) in [5.74, 6) is -3.00. The van der Waals surface area contributed by atoms with Crippen LogP contribution in [0.25, 0.3) is 11.2 Å². The maximum absolute atomic E-state index is 13.6. The number of rotatable bonds is 5. The minimum Gasteiger partial charge on any atom is -0.335 e. The Morgan fingerprint density at radius 2 is 1.88 bits per heavy atom. The molecule has 4 rings (SSSR count). The lowest BCUT2D eigenvalue weighted by molar-refractivity contribution is -0.132. The number of carbonyl (C=O) groups is 1. The topological polar surface area (TPSA) is 82.1 Å². The van der Waals surface area contributed by atoms with Gasteiger partial charge in [0, 0.05) is 31.5 Å². The van der Waals surface area contributed by atoms with Gasteiger partial charge in [-0.2, -0.15) is 0 Å². The number of alkyl halides is 2. The van der Waals surface area contributed by atoms with E-state index in [4.69, 9.17) is 11.6 Å². The first kappa shape index (κ1) is 22.2. The molecule has 11 heteroatoms. The van der Waals surface area contributed by atoms with Crippen LogP contribution in [0.3, 0.4) is 0 Å². The van der Waals surface area contributed by atoms with E-state index in [1.54, 1.807) is 35.9 Å². The normalized spacial score (nSPS) is 15.6. The van der Waals surface area contributed by atoms with E-state index >= 15 is 0 Å². The van der Waals surface area contributed by atoms with Crippen LogP contribution in [0.5, 0.6) is 0 Å². The van der Waals surface area contributed by atoms with Crippen LogP contribution in [0.1, 0.15) is 24.7 Å². The summed E-state index contributed by atoms with van der Waals surface area (Å²) in [5, 5.41) is 0.515. The van der Waals surface area contributed by atoms with Crippen molar-refractivity contribution in [2.75, 3.05) is 13.1 Å². The monoisotopic (exact) mass is 465 g/mol. The average molecular weight is 466 g/mol. The number of aromatic nitrogens is 4. The van der Waals surface area contributed by atoms with Crippen LogP contribution in [-0.2, 0) is 31.4 Å². The molecule has 0 saturated carbocycles. The molecule has 0 N–H and O–H groups in total. The Balaban J connectivity index is 1.83. The van der Waals surface area contributed by atoms with Crippen molar-refractivity contribution in [3.05, 3.63) is 61.5 Å². The highest BCUT2D eigenvalue weighted by molar-refractivity contribution is 6.30. The smallest absolute Gasteiger partial charge is 0.333 e. The largest absolute Gasteiger partial charge is 0.335 e. The van der Waals surface area contributed by atoms with E-state index in [9.17, 15) is 23.2 Å². The fourth-order valence-electron chi connectivity index (χ4n) is 3.96. The molecule has 3 aromatic rings. The number of imidazole rings is 1. The summed E-state index contributed by atoms with van der Waals surface area (Å²) < 4.78 is 30.9. The second-order valence-electron chi connectivity index (χ2n) is 7.92. The first-order chi connectivity index (χ1) is 15.1. The number of nitrogens with zero attached hydrogens (tertiary/aromatic N) is 5. The van der Waals surface area contributed by atoms with Gasteiger partial charge in [0.1, 0.15) is 12.4 Å². The molecule has 1 aliphatic heterocycles. The molecule has 0 aliphatic carbocycles. The molecule has 1 saturated heterocycles. The van der Waals surface area contributed by atoms with Gasteiger partial charge < -0.3 is 9.47 Å². The number of likely N-dealkylation sites (tertiary alicyclic amines) is 1. The van der Waals surface area contributed by atoms with Gasteiger partial charge in [-0.3, -0.25) is 18.7 Å². The van der Waals surface area contributed by atoms with Crippen LogP contribution in [-0.4, -0.2) is 48.5 Å². The van der Waals surface area contributed by atoms with Gasteiger partial charge in [0.2, 0.25) is 5.91 Å². The van der Waals surface area contributed by atoms with Crippen molar-refractivity contribution < 1.29 is 13.6 Å². The molecule has 8 nitrogen and oxygen atoms in total. The van der Waals surface area contributed by atoms with Crippen molar-refractivity contribution in [1.29, 1.82) is 0 Å². The molecular weight excluding hydrogens is 444 g/mol. The van der Waals surface area contributed by atoms with E-state index in [1.165, 1.54) is 0 Å². The van der Waals surface area contributed by atoms with Crippen LogP contribution in [0, 0.1) is 0 Å². The van der Waals surface area contributed by atoms with Crippen molar-refractivity contribution in [1.82, 2.24) is 23.6 Å². The molecule has 0 bridgehead atoms. The van der Waals surface area contributed by atoms with Gasteiger partial charge in [-0.1, -0.05) is 30.7 Å². The molecule has 0 unspecified atom stereocenters. The van der Waals surface area contributed by atoms with Gasteiger partial charge in [0.15, 0.2) is 11.2 Å². The highest BCUT2D eigenvalue weighted by atomic mass is 35.5. The zero-order valence-electron chi connectivity index (χ0n) is 17.6. The Morgan fingerprint density at radius 3 is 2.47 bits per heavy atom. The second kappa shape index (κ2) is 8.16. The lowest BCUT2D eigenvalue weighted by atomic mass is 10.2. The quantitative estimate of drug-likeness (QED) is 0.577. The summed E-state index contributed by atoms with van der Waals surface area (Å²) in [5.41, 5.74) is -0.340. The number of hydrogen-bond donors (Lipinski definition) is 0. The summed E-state index contributed by atoms with van der Waals surface area (Å²) in [6.45, 7) is 0.570. The third-order valence-electron chi connectivity index (χ3n) is 5.72. The molecule has 1 amide bonds. The van der Waals surface area contributed by atoms with Crippen LogP contribution >= 0.6 is 11.6 Å². The first-order valence-corrected chi connectivity index (χ1v) is 10.6. The van der Waals surface area contributed by atoms with E-state index in [-0.39, 0.29) is 24.3 Å². The Kier molecular flexibility index (Phi) is 5.66. The summed E-state index contributed by atoms with van der Waals surface area (Å²) in [6.07, 6.45) is 0.0883. The lowest BCUT2D eigenvalue weighted by Crippen LogP contribution is -2.44. The maximum atomic E-state index is 13.6. The Hall–Kier alpha value is -3.01.